The molecule has 0 spiro atoms. The number of halogens is 2. The van der Waals surface area contributed by atoms with Gasteiger partial charge in [0, 0.05) is 122 Å². The summed E-state index contributed by atoms with van der Waals surface area (Å²) in [5.41, 5.74) is 11.4. The monoisotopic (exact) mass is 1230 g/mol. The van der Waals surface area contributed by atoms with E-state index in [9.17, 15) is 4.79 Å². The minimum absolute atomic E-state index is 0.209. The Morgan fingerprint density at radius 1 is 0.544 bits per heavy atom. The van der Waals surface area contributed by atoms with Crippen LogP contribution in [0.5, 0.6) is 0 Å². The molecule has 0 unspecified atom stereocenters. The summed E-state index contributed by atoms with van der Waals surface area (Å²) in [6.45, 7) is 44.6. The van der Waals surface area contributed by atoms with Crippen molar-refractivity contribution in [2.24, 2.45) is 0 Å². The van der Waals surface area contributed by atoms with E-state index < -0.39 is 22.1 Å². The molecule has 2 aliphatic rings. The van der Waals surface area contributed by atoms with Gasteiger partial charge in [0.25, 0.3) is 0 Å². The standard InChI is InChI=1S/C27H45N3O2Si.C17H26BrNSi.C13H17N3.C8H6BrN/c1-19(2)33(20(3)4,21(5)6)30-14-13-23-17-24(11-12-25(23)30)29-16-15-28(18-22(29)7)26(31)32-27(8,9)10;1-12(2)20(13(3)4,14(5)6)19-10-9-15-11-16(18)7-8-17(15)19;1-10-9-14-6-7-16(10)12-2-3-13-11(8-12)4-5-15-13;9-7-1-2-8-6(5-7)3-4-10-8/h11-14,17,19-22H,15-16,18H2,1-10H3;7-14H,1-6H3;2-5,8,10,14-15H,6-7,9H2,1H3;1-5,10H/t22-;;10-;/m0.0./s1. The van der Waals surface area contributed by atoms with Crippen molar-refractivity contribution < 1.29 is 9.53 Å². The number of aromatic amines is 2. The Bertz CT molecular complexity index is 3210. The number of ether oxygens (including phenoxy) is 1. The third kappa shape index (κ3) is 13.5. The van der Waals surface area contributed by atoms with E-state index in [2.05, 4.69) is 266 Å². The Hall–Kier alpha value is -4.74. The third-order valence-corrected chi connectivity index (χ3v) is 31.7. The van der Waals surface area contributed by atoms with E-state index in [4.69, 9.17) is 4.74 Å². The fourth-order valence-corrected chi connectivity index (χ4v) is 28.1. The fourth-order valence-electron chi connectivity index (χ4n) is 14.1. The molecule has 8 aromatic rings. The number of benzene rings is 4. The molecule has 3 N–H and O–H groups in total. The highest BCUT2D eigenvalue weighted by molar-refractivity contribution is 9.10. The number of rotatable bonds is 10. The lowest BCUT2D eigenvalue weighted by atomic mass is 10.1. The van der Waals surface area contributed by atoms with Gasteiger partial charge in [-0.25, -0.2) is 4.79 Å². The topological polar surface area (TPSA) is 89.5 Å². The predicted octanol–water partition coefficient (Wildman–Crippen LogP) is 18.4. The van der Waals surface area contributed by atoms with E-state index in [1.54, 1.807) is 0 Å². The van der Waals surface area contributed by atoms with E-state index >= 15 is 0 Å². The molecule has 2 saturated heterocycles. The summed E-state index contributed by atoms with van der Waals surface area (Å²) in [4.78, 5) is 25.6. The zero-order chi connectivity index (χ0) is 57.7. The van der Waals surface area contributed by atoms with E-state index in [-0.39, 0.29) is 12.1 Å². The number of H-pyrrole nitrogens is 2. The first-order valence-electron chi connectivity index (χ1n) is 29.2. The molecule has 1 amide bonds. The van der Waals surface area contributed by atoms with Crippen LogP contribution in [-0.4, -0.2) is 103 Å². The fraction of sp³-hybridized carbons (Fsp3) is 0.492. The van der Waals surface area contributed by atoms with E-state index in [0.29, 0.717) is 35.8 Å². The average molecular weight is 1240 g/mol. The maximum absolute atomic E-state index is 12.5. The van der Waals surface area contributed by atoms with Crippen LogP contribution in [0.15, 0.2) is 131 Å². The van der Waals surface area contributed by atoms with Crippen molar-refractivity contribution in [3.05, 3.63) is 131 Å². The second-order valence-electron chi connectivity index (χ2n) is 25.2. The van der Waals surface area contributed by atoms with Crippen molar-refractivity contribution >= 4 is 109 Å². The van der Waals surface area contributed by atoms with Crippen molar-refractivity contribution in [2.45, 2.75) is 169 Å². The molecule has 0 aliphatic carbocycles. The van der Waals surface area contributed by atoms with Crippen LogP contribution in [0.25, 0.3) is 43.6 Å². The Morgan fingerprint density at radius 3 is 1.47 bits per heavy atom. The van der Waals surface area contributed by atoms with E-state index in [1.807, 2.05) is 44.1 Å². The number of carbonyl (C=O) groups excluding carboxylic acids is 1. The minimum atomic E-state index is -1.78. The number of hydrogen-bond acceptors (Lipinski definition) is 5. The summed E-state index contributed by atoms with van der Waals surface area (Å²) < 4.78 is 13.2. The molecule has 2 aliphatic heterocycles. The number of carbonyl (C=O) groups is 1. The molecule has 6 heterocycles. The number of fused-ring (bicyclic) bond motifs is 4. The number of piperazine rings is 2. The molecule has 10 rings (SSSR count). The highest BCUT2D eigenvalue weighted by Crippen LogP contribution is 2.46. The summed E-state index contributed by atoms with van der Waals surface area (Å²) in [5, 5.41) is 8.62. The first-order valence-corrected chi connectivity index (χ1v) is 35.2. The van der Waals surface area contributed by atoms with Crippen LogP contribution in [0.2, 0.25) is 33.2 Å². The van der Waals surface area contributed by atoms with Gasteiger partial charge in [-0.3, -0.25) is 0 Å². The van der Waals surface area contributed by atoms with E-state index in [0.717, 1.165) is 51.7 Å². The minimum Gasteiger partial charge on any atom is -0.444 e. The first kappa shape index (κ1) is 61.9. The number of hydrogen-bond donors (Lipinski definition) is 3. The molecule has 428 valence electrons. The van der Waals surface area contributed by atoms with Crippen LogP contribution in [-0.2, 0) is 4.74 Å². The average Bonchev–Trinajstić information content (AvgIpc) is 4.44. The van der Waals surface area contributed by atoms with Crippen molar-refractivity contribution in [3.8, 4) is 0 Å². The van der Waals surface area contributed by atoms with Crippen LogP contribution >= 0.6 is 31.9 Å². The molecule has 0 bridgehead atoms. The smallest absolute Gasteiger partial charge is 0.410 e. The lowest BCUT2D eigenvalue weighted by Gasteiger charge is -2.44. The number of nitrogens with zero attached hydrogens (tertiary/aromatic N) is 5. The molecule has 0 saturated carbocycles. The summed E-state index contributed by atoms with van der Waals surface area (Å²) in [5.74, 6) is 0. The van der Waals surface area contributed by atoms with Gasteiger partial charge in [0.05, 0.1) is 0 Å². The van der Waals surface area contributed by atoms with Gasteiger partial charge in [0.15, 0.2) is 16.5 Å². The summed E-state index contributed by atoms with van der Waals surface area (Å²) in [7, 11) is -3.41. The Balaban J connectivity index is 0.000000166. The van der Waals surface area contributed by atoms with Crippen LogP contribution < -0.4 is 15.1 Å². The highest BCUT2D eigenvalue weighted by atomic mass is 79.9. The normalized spacial score (nSPS) is 16.6. The molecular formula is C65H94Br2N8O2Si2. The molecule has 0 radical (unpaired) electrons. The predicted molar refractivity (Wildman–Crippen MR) is 353 cm³/mol. The lowest BCUT2D eigenvalue weighted by molar-refractivity contribution is 0.0218. The van der Waals surface area contributed by atoms with Crippen molar-refractivity contribution in [1.29, 1.82) is 0 Å². The van der Waals surface area contributed by atoms with Crippen molar-refractivity contribution in [2.75, 3.05) is 49.1 Å². The second-order valence-corrected chi connectivity index (χ2v) is 38.5. The van der Waals surface area contributed by atoms with Gasteiger partial charge in [-0.1, -0.05) is 115 Å². The van der Waals surface area contributed by atoms with Crippen molar-refractivity contribution in [3.63, 3.8) is 0 Å². The quantitative estimate of drug-likeness (QED) is 0.119. The van der Waals surface area contributed by atoms with Crippen LogP contribution in [0, 0.1) is 0 Å². The first-order chi connectivity index (χ1) is 37.3. The largest absolute Gasteiger partial charge is 0.444 e. The number of anilines is 2. The van der Waals surface area contributed by atoms with Gasteiger partial charge in [-0.15, -0.1) is 0 Å². The molecule has 10 nitrogen and oxygen atoms in total. The SMILES string of the molecule is Brc1ccc2[nH]ccc2c1.CC(C)[Si](C(C)C)(C(C)C)n1ccc2cc(Br)ccc21.CC(C)[Si](C(C)C)(C(C)C)n1ccc2cc(N3CCN(C(=O)OC(C)(C)C)C[C@@H]3C)ccc21.C[C@H]1CNCCN1c1ccc2[nH]ccc2c1. The van der Waals surface area contributed by atoms with Gasteiger partial charge >= 0.3 is 6.09 Å². The van der Waals surface area contributed by atoms with Crippen molar-refractivity contribution in [1.82, 2.24) is 28.6 Å². The Morgan fingerprint density at radius 2 is 0.975 bits per heavy atom. The zero-order valence-electron chi connectivity index (χ0n) is 50.7. The number of amides is 1. The summed E-state index contributed by atoms with van der Waals surface area (Å²) in [6.07, 6.45) is 8.42. The molecule has 2 atom stereocenters. The number of nitrogens with one attached hydrogen (secondary N) is 3. The summed E-state index contributed by atoms with van der Waals surface area (Å²) in [6, 6.07) is 36.0. The Kier molecular flexibility index (Phi) is 20.4. The van der Waals surface area contributed by atoms with Crippen LogP contribution in [0.1, 0.15) is 118 Å². The molecular weight excluding hydrogens is 1140 g/mol. The Labute approximate surface area is 492 Å². The highest BCUT2D eigenvalue weighted by Gasteiger charge is 2.47. The van der Waals surface area contributed by atoms with Gasteiger partial charge in [0.2, 0.25) is 0 Å². The van der Waals surface area contributed by atoms with Crippen LogP contribution in [0.3, 0.4) is 0 Å². The lowest BCUT2D eigenvalue weighted by Crippen LogP contribution is -2.54. The molecule has 14 heteroatoms. The van der Waals surface area contributed by atoms with Gasteiger partial charge in [0.1, 0.15) is 5.60 Å². The molecule has 79 heavy (non-hydrogen) atoms. The summed E-state index contributed by atoms with van der Waals surface area (Å²) >= 11 is 6.98. The molecule has 4 aromatic carbocycles. The maximum Gasteiger partial charge on any atom is 0.410 e. The second kappa shape index (κ2) is 26.0. The van der Waals surface area contributed by atoms with Gasteiger partial charge < -0.3 is 43.2 Å². The van der Waals surface area contributed by atoms with E-state index in [1.165, 1.54) is 55.0 Å². The number of aromatic nitrogens is 4. The maximum atomic E-state index is 12.5. The third-order valence-electron chi connectivity index (χ3n) is 17.2. The zero-order valence-corrected chi connectivity index (χ0v) is 55.9. The molecule has 2 fully saturated rings. The molecule has 4 aromatic heterocycles. The van der Waals surface area contributed by atoms with Crippen LogP contribution in [0.4, 0.5) is 16.2 Å². The van der Waals surface area contributed by atoms with Gasteiger partial charge in [-0.2, -0.15) is 0 Å². The van der Waals surface area contributed by atoms with Gasteiger partial charge in [-0.05, 0) is 183 Å².